The van der Waals surface area contributed by atoms with Crippen molar-refractivity contribution >= 4 is 23.4 Å². The van der Waals surface area contributed by atoms with Crippen LogP contribution in [0.25, 0.3) is 0 Å². The van der Waals surface area contributed by atoms with Crippen LogP contribution in [0.3, 0.4) is 0 Å². The van der Waals surface area contributed by atoms with Gasteiger partial charge in [-0.2, -0.15) is 0 Å². The summed E-state index contributed by atoms with van der Waals surface area (Å²) in [5.74, 6) is 1.12. The minimum absolute atomic E-state index is 0.168. The quantitative estimate of drug-likeness (QED) is 0.320. The fraction of sp³-hybridized carbons (Fsp3) is 0.321. The summed E-state index contributed by atoms with van der Waals surface area (Å²) in [6.07, 6.45) is 6.99. The van der Waals surface area contributed by atoms with Gasteiger partial charge in [0.05, 0.1) is 11.4 Å². The highest BCUT2D eigenvalue weighted by Crippen LogP contribution is 2.41. The topological polar surface area (TPSA) is 118 Å². The maximum atomic E-state index is 12.4. The molecule has 2 fully saturated rings. The van der Waals surface area contributed by atoms with Gasteiger partial charge in [-0.05, 0) is 73.2 Å². The highest BCUT2D eigenvalue weighted by atomic mass is 16.5. The number of nitrogens with zero attached hydrogens (tertiary/aromatic N) is 1. The number of ether oxygens (including phenoxy) is 1. The van der Waals surface area contributed by atoms with Crippen molar-refractivity contribution in [1.29, 1.82) is 0 Å². The number of benzene rings is 2. The van der Waals surface area contributed by atoms with E-state index in [1.165, 1.54) is 18.4 Å². The van der Waals surface area contributed by atoms with E-state index in [1.807, 2.05) is 18.3 Å². The molecule has 0 radical (unpaired) electrons. The van der Waals surface area contributed by atoms with Crippen LogP contribution in [0.1, 0.15) is 52.2 Å². The van der Waals surface area contributed by atoms with Gasteiger partial charge in [0, 0.05) is 42.0 Å². The van der Waals surface area contributed by atoms with Crippen LogP contribution in [0.5, 0.6) is 0 Å². The molecular formula is C28H31N5O3. The second-order valence-corrected chi connectivity index (χ2v) is 9.59. The number of anilines is 2. The Morgan fingerprint density at radius 3 is 2.61 bits per heavy atom. The number of nitrogen functional groups attached to an aromatic ring is 1. The van der Waals surface area contributed by atoms with Crippen LogP contribution in [0.15, 0.2) is 67.0 Å². The number of hydrogen-bond donors (Lipinski definition) is 4. The van der Waals surface area contributed by atoms with Gasteiger partial charge in [0.15, 0.2) is 0 Å². The predicted molar refractivity (Wildman–Crippen MR) is 138 cm³/mol. The van der Waals surface area contributed by atoms with Gasteiger partial charge in [-0.3, -0.25) is 9.78 Å². The molecule has 0 aliphatic heterocycles. The summed E-state index contributed by atoms with van der Waals surface area (Å²) in [5.41, 5.74) is 10.4. The first kappa shape index (κ1) is 23.8. The summed E-state index contributed by atoms with van der Waals surface area (Å²) in [4.78, 5) is 29.0. The van der Waals surface area contributed by atoms with E-state index in [-0.39, 0.29) is 12.5 Å². The average molecular weight is 486 g/mol. The summed E-state index contributed by atoms with van der Waals surface area (Å²) in [6.45, 7) is 1.58. The van der Waals surface area contributed by atoms with Crippen molar-refractivity contribution < 1.29 is 14.3 Å². The second-order valence-electron chi connectivity index (χ2n) is 9.59. The van der Waals surface area contributed by atoms with E-state index < -0.39 is 6.09 Å². The molecular weight excluding hydrogens is 454 g/mol. The second kappa shape index (κ2) is 10.8. The summed E-state index contributed by atoms with van der Waals surface area (Å²) in [5, 5.41) is 9.18. The van der Waals surface area contributed by atoms with Crippen molar-refractivity contribution in [3.8, 4) is 0 Å². The Labute approximate surface area is 210 Å². The molecule has 1 heterocycles. The number of para-hydroxylation sites is 2. The molecule has 8 nitrogen and oxygen atoms in total. The maximum Gasteiger partial charge on any atom is 0.407 e. The van der Waals surface area contributed by atoms with Gasteiger partial charge < -0.3 is 26.4 Å². The van der Waals surface area contributed by atoms with Gasteiger partial charge in [0.25, 0.3) is 5.91 Å². The van der Waals surface area contributed by atoms with Gasteiger partial charge in [-0.1, -0.05) is 24.3 Å². The lowest BCUT2D eigenvalue weighted by Crippen LogP contribution is -2.23. The van der Waals surface area contributed by atoms with E-state index in [4.69, 9.17) is 10.5 Å². The minimum atomic E-state index is -0.503. The molecule has 2 aliphatic rings. The van der Waals surface area contributed by atoms with Crippen molar-refractivity contribution in [3.63, 3.8) is 0 Å². The zero-order valence-corrected chi connectivity index (χ0v) is 20.1. The van der Waals surface area contributed by atoms with Gasteiger partial charge in [-0.25, -0.2) is 4.79 Å². The molecule has 8 heteroatoms. The summed E-state index contributed by atoms with van der Waals surface area (Å²) < 4.78 is 5.38. The normalized spacial score (nSPS) is 18.3. The Kier molecular flexibility index (Phi) is 7.13. The number of pyridine rings is 1. The molecule has 5 rings (SSSR count). The standard InChI is InChI=1S/C28H31N5O3/c29-24-3-1-2-4-25(24)33-27(34)21-9-7-19(8-10-21)15-32-28(35)36-17-20-11-22(16-30-13-20)23-12-26(23)31-14-18-5-6-18/h1-4,7-11,13,16,18,23,26,31H,5-6,12,14-15,17,29H2,(H,32,35)(H,33,34). The number of alkyl carbamates (subject to hydrolysis) is 1. The van der Waals surface area contributed by atoms with Gasteiger partial charge in [0.2, 0.25) is 0 Å². The number of carbonyl (C=O) groups excluding carboxylic acids is 2. The van der Waals surface area contributed by atoms with Crippen LogP contribution in [0, 0.1) is 5.92 Å². The maximum absolute atomic E-state index is 12.4. The molecule has 36 heavy (non-hydrogen) atoms. The Hall–Kier alpha value is -3.91. The third-order valence-electron chi connectivity index (χ3n) is 6.63. The molecule has 2 amide bonds. The molecule has 3 aromatic rings. The Balaban J connectivity index is 1.05. The first-order valence-electron chi connectivity index (χ1n) is 12.4. The molecule has 0 bridgehead atoms. The third kappa shape index (κ3) is 6.40. The number of nitrogens with two attached hydrogens (primary N) is 1. The molecule has 2 aromatic carbocycles. The van der Waals surface area contributed by atoms with E-state index in [1.54, 1.807) is 42.6 Å². The molecule has 2 atom stereocenters. The minimum Gasteiger partial charge on any atom is -0.445 e. The van der Waals surface area contributed by atoms with Crippen LogP contribution in [-0.2, 0) is 17.9 Å². The molecule has 2 saturated carbocycles. The summed E-state index contributed by atoms with van der Waals surface area (Å²) in [6, 6.07) is 16.7. The van der Waals surface area contributed by atoms with E-state index in [0.717, 1.165) is 30.0 Å². The van der Waals surface area contributed by atoms with E-state index in [0.29, 0.717) is 35.4 Å². The Morgan fingerprint density at radius 2 is 1.83 bits per heavy atom. The van der Waals surface area contributed by atoms with Crippen molar-refractivity contribution in [2.45, 2.75) is 44.4 Å². The number of aromatic nitrogens is 1. The zero-order valence-electron chi connectivity index (χ0n) is 20.1. The number of hydrogen-bond acceptors (Lipinski definition) is 6. The molecule has 0 spiro atoms. The average Bonchev–Trinajstić information content (AvgIpc) is 3.82. The van der Waals surface area contributed by atoms with Crippen LogP contribution in [0.2, 0.25) is 0 Å². The number of amides is 2. The highest BCUT2D eigenvalue weighted by molar-refractivity contribution is 6.05. The van der Waals surface area contributed by atoms with E-state index in [2.05, 4.69) is 27.0 Å². The molecule has 0 saturated heterocycles. The highest BCUT2D eigenvalue weighted by Gasteiger charge is 2.39. The van der Waals surface area contributed by atoms with E-state index >= 15 is 0 Å². The number of nitrogens with one attached hydrogen (secondary N) is 3. The molecule has 186 valence electrons. The Morgan fingerprint density at radius 1 is 1.03 bits per heavy atom. The van der Waals surface area contributed by atoms with E-state index in [9.17, 15) is 9.59 Å². The largest absolute Gasteiger partial charge is 0.445 e. The zero-order chi connectivity index (χ0) is 24.9. The van der Waals surface area contributed by atoms with Crippen LogP contribution in [-0.4, -0.2) is 29.6 Å². The first-order valence-corrected chi connectivity index (χ1v) is 12.4. The number of rotatable bonds is 10. The fourth-order valence-electron chi connectivity index (χ4n) is 4.17. The van der Waals surface area contributed by atoms with Crippen molar-refractivity contribution in [2.75, 3.05) is 17.6 Å². The lowest BCUT2D eigenvalue weighted by molar-refractivity contribution is 0.102. The van der Waals surface area contributed by atoms with Gasteiger partial charge in [0.1, 0.15) is 6.61 Å². The lowest BCUT2D eigenvalue weighted by atomic mass is 10.1. The monoisotopic (exact) mass is 485 g/mol. The third-order valence-corrected chi connectivity index (χ3v) is 6.63. The first-order chi connectivity index (χ1) is 17.5. The smallest absolute Gasteiger partial charge is 0.407 e. The van der Waals surface area contributed by atoms with Crippen molar-refractivity contribution in [2.24, 2.45) is 5.92 Å². The van der Waals surface area contributed by atoms with Crippen molar-refractivity contribution in [3.05, 3.63) is 89.2 Å². The lowest BCUT2D eigenvalue weighted by Gasteiger charge is -2.10. The molecule has 1 aromatic heterocycles. The van der Waals surface area contributed by atoms with Crippen LogP contribution < -0.4 is 21.7 Å². The van der Waals surface area contributed by atoms with Crippen LogP contribution >= 0.6 is 0 Å². The SMILES string of the molecule is Nc1ccccc1NC(=O)c1ccc(CNC(=O)OCc2cncc(C3CC3NCC3CC3)c2)cc1. The molecule has 2 unspecified atom stereocenters. The number of carbonyl (C=O) groups is 2. The van der Waals surface area contributed by atoms with Crippen molar-refractivity contribution in [1.82, 2.24) is 15.6 Å². The Bertz CT molecular complexity index is 1230. The van der Waals surface area contributed by atoms with Gasteiger partial charge >= 0.3 is 6.09 Å². The predicted octanol–water partition coefficient (Wildman–Crippen LogP) is 4.20. The molecule has 2 aliphatic carbocycles. The fourth-order valence-corrected chi connectivity index (χ4v) is 4.17. The molecule has 5 N–H and O–H groups in total. The summed E-state index contributed by atoms with van der Waals surface area (Å²) in [7, 11) is 0. The summed E-state index contributed by atoms with van der Waals surface area (Å²) >= 11 is 0. The van der Waals surface area contributed by atoms with Crippen LogP contribution in [0.4, 0.5) is 16.2 Å². The van der Waals surface area contributed by atoms with Gasteiger partial charge in [-0.15, -0.1) is 0 Å².